The van der Waals surface area contributed by atoms with E-state index in [2.05, 4.69) is 10.6 Å². The summed E-state index contributed by atoms with van der Waals surface area (Å²) in [6.07, 6.45) is 2.52. The summed E-state index contributed by atoms with van der Waals surface area (Å²) < 4.78 is 0. The largest absolute Gasteiger partial charge is 0.368 e. The SMILES string of the molecule is CC(C)C[C@H](C)C(=O)N(C)CC(=O)N(C)CC(=O)N(C)CC(=O)N(C)CC(=O)N(C)CC(=O)N(C)CC(=O)N[C@@H](CCCCNC(C)C)C(N)=O. The molecule has 0 unspecified atom stereocenters. The lowest BCUT2D eigenvalue weighted by Gasteiger charge is -2.27. The highest BCUT2D eigenvalue weighted by Gasteiger charge is 2.26. The first-order chi connectivity index (χ1) is 23.6. The van der Waals surface area contributed by atoms with Gasteiger partial charge in [0.25, 0.3) is 0 Å². The first-order valence-corrected chi connectivity index (χ1v) is 17.3. The average Bonchev–Trinajstić information content (AvgIpc) is 3.02. The third-order valence-corrected chi connectivity index (χ3v) is 8.15. The lowest BCUT2D eigenvalue weighted by atomic mass is 9.98. The number of amides is 8. The number of unbranched alkanes of at least 4 members (excludes halogenated alkanes) is 1. The van der Waals surface area contributed by atoms with Gasteiger partial charge in [-0.1, -0.05) is 34.6 Å². The highest BCUT2D eigenvalue weighted by molar-refractivity contribution is 5.93. The van der Waals surface area contributed by atoms with Crippen LogP contribution in [-0.2, 0) is 38.4 Å². The Bertz CT molecular complexity index is 1210. The first-order valence-electron chi connectivity index (χ1n) is 17.3. The summed E-state index contributed by atoms with van der Waals surface area (Å²) in [5.41, 5.74) is 5.44. The molecule has 8 amide bonds. The van der Waals surface area contributed by atoms with Crippen molar-refractivity contribution in [3.63, 3.8) is 0 Å². The molecule has 0 heterocycles. The van der Waals surface area contributed by atoms with Crippen LogP contribution in [-0.4, -0.2) is 177 Å². The van der Waals surface area contributed by atoms with E-state index in [0.29, 0.717) is 31.2 Å². The molecule has 0 aromatic rings. The topological polar surface area (TPSA) is 206 Å². The molecule has 0 fully saturated rings. The van der Waals surface area contributed by atoms with Crippen LogP contribution in [0.4, 0.5) is 0 Å². The molecule has 2 atom stereocenters. The Morgan fingerprint density at radius 1 is 0.549 bits per heavy atom. The highest BCUT2D eigenvalue weighted by Crippen LogP contribution is 2.13. The number of hydrogen-bond donors (Lipinski definition) is 3. The van der Waals surface area contributed by atoms with Crippen LogP contribution in [0.15, 0.2) is 0 Å². The fraction of sp³-hybridized carbons (Fsp3) is 0.765. The second-order valence-corrected chi connectivity index (χ2v) is 14.1. The molecular formula is C34H63N9O8. The Labute approximate surface area is 303 Å². The Balaban J connectivity index is 4.81. The van der Waals surface area contributed by atoms with Crippen molar-refractivity contribution >= 4 is 47.3 Å². The number of carbonyl (C=O) groups excluding carboxylic acids is 8. The maximum Gasteiger partial charge on any atom is 0.242 e. The van der Waals surface area contributed by atoms with E-state index in [0.717, 1.165) is 32.6 Å². The smallest absolute Gasteiger partial charge is 0.242 e. The highest BCUT2D eigenvalue weighted by atomic mass is 16.2. The Morgan fingerprint density at radius 3 is 1.27 bits per heavy atom. The van der Waals surface area contributed by atoms with Gasteiger partial charge < -0.3 is 45.8 Å². The second kappa shape index (κ2) is 23.2. The molecule has 292 valence electrons. The van der Waals surface area contributed by atoms with Crippen LogP contribution in [0, 0.1) is 11.8 Å². The quantitative estimate of drug-likeness (QED) is 0.105. The molecule has 4 N–H and O–H groups in total. The van der Waals surface area contributed by atoms with E-state index in [1.165, 1.54) is 52.1 Å². The average molecular weight is 726 g/mol. The lowest BCUT2D eigenvalue weighted by Crippen LogP contribution is -2.50. The standard InChI is InChI=1S/C34H63N9O8/c1-23(2)16-25(5)34(51)43(11)22-32(49)42(10)21-31(48)41(9)20-30(47)40(8)19-29(46)39(7)18-28(45)38(6)17-27(44)37-26(33(35)50)14-12-13-15-36-24(3)4/h23-26,36H,12-22H2,1-11H3,(H2,35,50)(H,37,44)/t25-,26-/m0/s1. The third-order valence-electron chi connectivity index (χ3n) is 8.15. The number of rotatable bonds is 23. The van der Waals surface area contributed by atoms with Crippen LogP contribution in [0.1, 0.15) is 60.3 Å². The minimum atomic E-state index is -0.873. The fourth-order valence-corrected chi connectivity index (χ4v) is 4.93. The van der Waals surface area contributed by atoms with E-state index < -0.39 is 47.4 Å². The molecule has 0 radical (unpaired) electrons. The van der Waals surface area contributed by atoms with E-state index in [1.807, 2.05) is 34.6 Å². The maximum absolute atomic E-state index is 12.8. The summed E-state index contributed by atoms with van der Waals surface area (Å²) in [6, 6.07) is -0.533. The summed E-state index contributed by atoms with van der Waals surface area (Å²) >= 11 is 0. The Kier molecular flexibility index (Phi) is 21.3. The van der Waals surface area contributed by atoms with Crippen LogP contribution in [0.25, 0.3) is 0 Å². The van der Waals surface area contributed by atoms with Gasteiger partial charge in [-0.2, -0.15) is 0 Å². The van der Waals surface area contributed by atoms with Gasteiger partial charge in [-0.15, -0.1) is 0 Å². The van der Waals surface area contributed by atoms with Crippen molar-refractivity contribution in [2.24, 2.45) is 17.6 Å². The van der Waals surface area contributed by atoms with Crippen molar-refractivity contribution in [1.29, 1.82) is 0 Å². The molecule has 0 saturated carbocycles. The molecule has 0 aliphatic rings. The number of likely N-dealkylation sites (N-methyl/N-ethyl adjacent to an activating group) is 6. The van der Waals surface area contributed by atoms with Crippen molar-refractivity contribution < 1.29 is 38.4 Å². The Hall–Kier alpha value is -4.28. The molecule has 0 bridgehead atoms. The van der Waals surface area contributed by atoms with Gasteiger partial charge in [0.2, 0.25) is 47.3 Å². The summed E-state index contributed by atoms with van der Waals surface area (Å²) in [6.45, 7) is 8.69. The van der Waals surface area contributed by atoms with E-state index in [9.17, 15) is 38.4 Å². The van der Waals surface area contributed by atoms with Gasteiger partial charge >= 0.3 is 0 Å². The zero-order valence-electron chi connectivity index (χ0n) is 32.6. The zero-order chi connectivity index (χ0) is 39.6. The molecule has 0 saturated heterocycles. The minimum absolute atomic E-state index is 0.159. The van der Waals surface area contributed by atoms with Crippen LogP contribution in [0.3, 0.4) is 0 Å². The van der Waals surface area contributed by atoms with Crippen molar-refractivity contribution in [3.05, 3.63) is 0 Å². The number of carbonyl (C=O) groups is 8. The lowest BCUT2D eigenvalue weighted by molar-refractivity contribution is -0.146. The first kappa shape index (κ1) is 46.7. The van der Waals surface area contributed by atoms with Crippen molar-refractivity contribution in [2.75, 3.05) is 88.1 Å². The van der Waals surface area contributed by atoms with Crippen LogP contribution >= 0.6 is 0 Å². The molecule has 0 rings (SSSR count). The van der Waals surface area contributed by atoms with Crippen molar-refractivity contribution in [1.82, 2.24) is 40.0 Å². The molecule has 0 aliphatic carbocycles. The predicted octanol–water partition coefficient (Wildman–Crippen LogP) is -1.44. The van der Waals surface area contributed by atoms with Crippen molar-refractivity contribution in [3.8, 4) is 0 Å². The predicted molar refractivity (Wildman–Crippen MR) is 193 cm³/mol. The van der Waals surface area contributed by atoms with Crippen molar-refractivity contribution in [2.45, 2.75) is 72.4 Å². The monoisotopic (exact) mass is 725 g/mol. The summed E-state index contributed by atoms with van der Waals surface area (Å²) in [5, 5.41) is 5.83. The van der Waals surface area contributed by atoms with Crippen LogP contribution in [0.5, 0.6) is 0 Å². The van der Waals surface area contributed by atoms with Gasteiger partial charge in [0.15, 0.2) is 0 Å². The zero-order valence-corrected chi connectivity index (χ0v) is 32.6. The van der Waals surface area contributed by atoms with Gasteiger partial charge in [0.1, 0.15) is 6.04 Å². The molecule has 0 aliphatic heterocycles. The number of nitrogens with one attached hydrogen (secondary N) is 2. The van der Waals surface area contributed by atoms with E-state index in [1.54, 1.807) is 0 Å². The van der Waals surface area contributed by atoms with E-state index >= 15 is 0 Å². The number of nitrogens with two attached hydrogens (primary N) is 1. The summed E-state index contributed by atoms with van der Waals surface area (Å²) in [4.78, 5) is 108. The van der Waals surface area contributed by atoms with Gasteiger partial charge in [0.05, 0.1) is 39.3 Å². The van der Waals surface area contributed by atoms with Crippen LogP contribution < -0.4 is 16.4 Å². The van der Waals surface area contributed by atoms with Gasteiger partial charge in [-0.25, -0.2) is 0 Å². The molecule has 51 heavy (non-hydrogen) atoms. The van der Waals surface area contributed by atoms with E-state index in [-0.39, 0.29) is 51.1 Å². The molecule has 0 spiro atoms. The normalized spacial score (nSPS) is 12.1. The summed E-state index contributed by atoms with van der Waals surface area (Å²) in [5.74, 6) is -3.91. The number of nitrogens with zero attached hydrogens (tertiary/aromatic N) is 6. The molecule has 17 nitrogen and oxygen atoms in total. The van der Waals surface area contributed by atoms with Gasteiger partial charge in [-0.05, 0) is 38.1 Å². The maximum atomic E-state index is 12.8. The second-order valence-electron chi connectivity index (χ2n) is 14.1. The Morgan fingerprint density at radius 2 is 0.922 bits per heavy atom. The summed E-state index contributed by atoms with van der Waals surface area (Å²) in [7, 11) is 8.51. The molecule has 0 aromatic heterocycles. The molecule has 0 aromatic carbocycles. The number of hydrogen-bond acceptors (Lipinski definition) is 9. The fourth-order valence-electron chi connectivity index (χ4n) is 4.93. The molecule has 17 heteroatoms. The van der Waals surface area contributed by atoms with Crippen LogP contribution in [0.2, 0.25) is 0 Å². The molecular weight excluding hydrogens is 662 g/mol. The third kappa shape index (κ3) is 19.1. The van der Waals surface area contributed by atoms with Gasteiger partial charge in [-0.3, -0.25) is 38.4 Å². The van der Waals surface area contributed by atoms with E-state index in [4.69, 9.17) is 5.73 Å². The minimum Gasteiger partial charge on any atom is -0.368 e. The number of primary amides is 1. The van der Waals surface area contributed by atoms with Gasteiger partial charge in [0, 0.05) is 54.2 Å².